The number of fused-ring (bicyclic) bond motifs is 1. The summed E-state index contributed by atoms with van der Waals surface area (Å²) in [5.74, 6) is 0. The van der Waals surface area contributed by atoms with E-state index in [1.165, 1.54) is 32.1 Å². The highest BCUT2D eigenvalue weighted by Gasteiger charge is 2.25. The van der Waals surface area contributed by atoms with Crippen molar-refractivity contribution in [1.82, 2.24) is 14.8 Å². The van der Waals surface area contributed by atoms with Crippen molar-refractivity contribution in [3.05, 3.63) is 36.7 Å². The Bertz CT molecular complexity index is 751. The smallest absolute Gasteiger partial charge is 0.321 e. The van der Waals surface area contributed by atoms with Gasteiger partial charge in [0.1, 0.15) is 0 Å². The van der Waals surface area contributed by atoms with Crippen LogP contribution < -0.4 is 5.32 Å². The van der Waals surface area contributed by atoms with Gasteiger partial charge in [-0.2, -0.15) is 0 Å². The Labute approximate surface area is 155 Å². The first-order valence-electron chi connectivity index (χ1n) is 9.94. The number of hydrogen-bond acceptors (Lipinski definition) is 3. The molecule has 2 heterocycles. The summed E-state index contributed by atoms with van der Waals surface area (Å²) < 4.78 is 0. The maximum Gasteiger partial charge on any atom is 0.321 e. The molecular weight excluding hydrogens is 324 g/mol. The van der Waals surface area contributed by atoms with Crippen LogP contribution in [0.25, 0.3) is 10.8 Å². The van der Waals surface area contributed by atoms with E-state index in [1.807, 2.05) is 35.4 Å². The molecule has 0 atom stereocenters. The first-order valence-corrected chi connectivity index (χ1v) is 9.94. The zero-order chi connectivity index (χ0) is 17.8. The average Bonchev–Trinajstić information content (AvgIpc) is 2.95. The van der Waals surface area contributed by atoms with Gasteiger partial charge in [0.25, 0.3) is 0 Å². The van der Waals surface area contributed by atoms with E-state index in [-0.39, 0.29) is 6.03 Å². The summed E-state index contributed by atoms with van der Waals surface area (Å²) in [5, 5.41) is 5.20. The average molecular weight is 352 g/mol. The fourth-order valence-electron chi connectivity index (χ4n) is 4.38. The molecule has 2 fully saturated rings. The summed E-state index contributed by atoms with van der Waals surface area (Å²) in [5.41, 5.74) is 0.864. The minimum atomic E-state index is 0.0137. The first kappa shape index (κ1) is 17.3. The molecule has 5 nitrogen and oxygen atoms in total. The molecule has 1 aromatic carbocycles. The summed E-state index contributed by atoms with van der Waals surface area (Å²) in [7, 11) is 0. The van der Waals surface area contributed by atoms with Crippen molar-refractivity contribution in [3.8, 4) is 0 Å². The van der Waals surface area contributed by atoms with Gasteiger partial charge >= 0.3 is 6.03 Å². The highest BCUT2D eigenvalue weighted by Crippen LogP contribution is 2.25. The zero-order valence-corrected chi connectivity index (χ0v) is 15.4. The van der Waals surface area contributed by atoms with E-state index in [4.69, 9.17) is 0 Å². The van der Waals surface area contributed by atoms with Crippen molar-refractivity contribution in [3.63, 3.8) is 0 Å². The molecule has 2 aliphatic rings. The second-order valence-corrected chi connectivity index (χ2v) is 7.50. The van der Waals surface area contributed by atoms with Gasteiger partial charge in [0.2, 0.25) is 0 Å². The highest BCUT2D eigenvalue weighted by atomic mass is 16.2. The van der Waals surface area contributed by atoms with Crippen LogP contribution in [0.2, 0.25) is 0 Å². The Balaban J connectivity index is 1.40. The fraction of sp³-hybridized carbons (Fsp3) is 0.524. The third-order valence-electron chi connectivity index (χ3n) is 5.83. The van der Waals surface area contributed by atoms with Crippen molar-refractivity contribution < 1.29 is 4.79 Å². The number of nitrogens with zero attached hydrogens (tertiary/aromatic N) is 3. The molecule has 1 aromatic heterocycles. The molecule has 0 bridgehead atoms. The van der Waals surface area contributed by atoms with Crippen molar-refractivity contribution in [2.45, 2.75) is 44.6 Å². The van der Waals surface area contributed by atoms with E-state index < -0.39 is 0 Å². The van der Waals surface area contributed by atoms with Gasteiger partial charge in [-0.25, -0.2) is 4.79 Å². The summed E-state index contributed by atoms with van der Waals surface area (Å²) >= 11 is 0. The molecule has 0 radical (unpaired) electrons. The van der Waals surface area contributed by atoms with Crippen LogP contribution in [0.4, 0.5) is 10.5 Å². The number of carbonyl (C=O) groups is 1. The number of hydrogen-bond donors (Lipinski definition) is 1. The minimum Gasteiger partial charge on any atom is -0.323 e. The van der Waals surface area contributed by atoms with Crippen molar-refractivity contribution >= 4 is 22.5 Å². The van der Waals surface area contributed by atoms with Crippen LogP contribution in [-0.4, -0.2) is 53.0 Å². The molecule has 138 valence electrons. The van der Waals surface area contributed by atoms with Gasteiger partial charge in [-0.1, -0.05) is 31.4 Å². The van der Waals surface area contributed by atoms with Crippen molar-refractivity contribution in [2.24, 2.45) is 0 Å². The van der Waals surface area contributed by atoms with Gasteiger partial charge in [-0.15, -0.1) is 0 Å². The number of nitrogens with one attached hydrogen (secondary N) is 1. The Hall–Kier alpha value is -2.14. The van der Waals surface area contributed by atoms with E-state index in [1.54, 1.807) is 6.20 Å². The number of anilines is 1. The maximum absolute atomic E-state index is 12.8. The highest BCUT2D eigenvalue weighted by molar-refractivity contribution is 6.01. The molecule has 1 N–H and O–H groups in total. The largest absolute Gasteiger partial charge is 0.323 e. The molecule has 26 heavy (non-hydrogen) atoms. The number of rotatable bonds is 2. The van der Waals surface area contributed by atoms with Crippen molar-refractivity contribution in [1.29, 1.82) is 0 Å². The lowest BCUT2D eigenvalue weighted by atomic mass is 9.94. The normalized spacial score (nSPS) is 20.1. The molecule has 2 aromatic rings. The second kappa shape index (κ2) is 8.04. The SMILES string of the molecule is O=C(Nc1cccc2cnccc12)N1CCCN(C2CCCCC2)CC1. The monoisotopic (exact) mass is 352 g/mol. The first-order chi connectivity index (χ1) is 12.8. The maximum atomic E-state index is 12.8. The van der Waals surface area contributed by atoms with Gasteiger partial charge < -0.3 is 10.2 Å². The van der Waals surface area contributed by atoms with Crippen LogP contribution >= 0.6 is 0 Å². The molecule has 1 saturated heterocycles. The summed E-state index contributed by atoms with van der Waals surface area (Å²) in [6.07, 6.45) is 11.4. The second-order valence-electron chi connectivity index (χ2n) is 7.50. The molecule has 0 unspecified atom stereocenters. The van der Waals surface area contributed by atoms with Gasteiger partial charge in [-0.3, -0.25) is 9.88 Å². The molecule has 1 aliphatic heterocycles. The number of pyridine rings is 1. The van der Waals surface area contributed by atoms with Gasteiger partial charge in [0, 0.05) is 55.4 Å². The van der Waals surface area contributed by atoms with Gasteiger partial charge in [0.05, 0.1) is 5.69 Å². The molecular formula is C21H28N4O. The fourth-order valence-corrected chi connectivity index (χ4v) is 4.38. The van der Waals surface area contributed by atoms with E-state index in [9.17, 15) is 4.79 Å². The van der Waals surface area contributed by atoms with E-state index in [2.05, 4.69) is 15.2 Å². The lowest BCUT2D eigenvalue weighted by molar-refractivity contribution is 0.160. The Kier molecular flexibility index (Phi) is 5.34. The molecule has 1 saturated carbocycles. The summed E-state index contributed by atoms with van der Waals surface area (Å²) in [6, 6.07) is 8.65. The third-order valence-corrected chi connectivity index (χ3v) is 5.83. The molecule has 5 heteroatoms. The van der Waals surface area contributed by atoms with Crippen LogP contribution in [0.3, 0.4) is 0 Å². The van der Waals surface area contributed by atoms with Crippen molar-refractivity contribution in [2.75, 3.05) is 31.5 Å². The number of aromatic nitrogens is 1. The number of benzene rings is 1. The molecule has 2 amide bonds. The third kappa shape index (κ3) is 3.83. The molecule has 4 rings (SSSR count). The van der Waals surface area contributed by atoms with E-state index >= 15 is 0 Å². The van der Waals surface area contributed by atoms with Crippen LogP contribution in [0.5, 0.6) is 0 Å². The standard InChI is InChI=1S/C21H28N4O/c26-21(23-20-9-4-6-17-16-22-11-10-19(17)20)25-13-5-12-24(14-15-25)18-7-2-1-3-8-18/h4,6,9-11,16,18H,1-3,5,7-8,12-15H2,(H,23,26). The predicted octanol–water partition coefficient (Wildman–Crippen LogP) is 4.11. The van der Waals surface area contributed by atoms with Gasteiger partial charge in [0.15, 0.2) is 0 Å². The topological polar surface area (TPSA) is 48.5 Å². The Morgan fingerprint density at radius 3 is 2.77 bits per heavy atom. The lowest BCUT2D eigenvalue weighted by Gasteiger charge is -2.33. The molecule has 1 aliphatic carbocycles. The van der Waals surface area contributed by atoms with Crippen LogP contribution in [0.1, 0.15) is 38.5 Å². The molecule has 0 spiro atoms. The summed E-state index contributed by atoms with van der Waals surface area (Å²) in [4.78, 5) is 21.6. The summed E-state index contributed by atoms with van der Waals surface area (Å²) in [6.45, 7) is 3.77. The van der Waals surface area contributed by atoms with Crippen LogP contribution in [0.15, 0.2) is 36.7 Å². The lowest BCUT2D eigenvalue weighted by Crippen LogP contribution is -2.41. The Morgan fingerprint density at radius 1 is 1.00 bits per heavy atom. The minimum absolute atomic E-state index is 0.0137. The van der Waals surface area contributed by atoms with Gasteiger partial charge in [-0.05, 0) is 31.4 Å². The van der Waals surface area contributed by atoms with E-state index in [0.29, 0.717) is 0 Å². The number of amides is 2. The van der Waals surface area contributed by atoms with Crippen LogP contribution in [-0.2, 0) is 0 Å². The number of urea groups is 1. The van der Waals surface area contributed by atoms with E-state index in [0.717, 1.165) is 55.1 Å². The number of carbonyl (C=O) groups excluding carboxylic acids is 1. The van der Waals surface area contributed by atoms with Crippen LogP contribution in [0, 0.1) is 0 Å². The quantitative estimate of drug-likeness (QED) is 0.885. The predicted molar refractivity (Wildman–Crippen MR) is 105 cm³/mol. The zero-order valence-electron chi connectivity index (χ0n) is 15.4. The Morgan fingerprint density at radius 2 is 1.88 bits per heavy atom.